The molecule has 1 aromatic carbocycles. The Hall–Kier alpha value is -2.96. The van der Waals surface area contributed by atoms with E-state index in [2.05, 4.69) is 15.5 Å². The molecule has 1 atom stereocenters. The standard InChI is InChI=1S/C19H23N5O2/c1-11(2)20-18(25)14(5)24-19(26)17-16(12(3)21-24)13(4)23(22-17)15-9-7-6-8-10-15/h6-11,14H,1-5H3,(H,20,25). The molecule has 2 heterocycles. The Morgan fingerprint density at radius 1 is 1.08 bits per heavy atom. The van der Waals surface area contributed by atoms with Crippen molar-refractivity contribution in [2.75, 3.05) is 0 Å². The van der Waals surface area contributed by atoms with Crippen molar-refractivity contribution in [3.63, 3.8) is 0 Å². The lowest BCUT2D eigenvalue weighted by Crippen LogP contribution is -2.40. The second-order valence-electron chi connectivity index (χ2n) is 6.73. The maximum Gasteiger partial charge on any atom is 0.295 e. The quantitative estimate of drug-likeness (QED) is 0.780. The van der Waals surface area contributed by atoms with Crippen LogP contribution in [0.5, 0.6) is 0 Å². The van der Waals surface area contributed by atoms with Crippen LogP contribution < -0.4 is 10.9 Å². The number of para-hydroxylation sites is 1. The van der Waals surface area contributed by atoms with Crippen LogP contribution in [0.25, 0.3) is 16.6 Å². The van der Waals surface area contributed by atoms with Crippen LogP contribution in [-0.4, -0.2) is 31.5 Å². The van der Waals surface area contributed by atoms with Crippen molar-refractivity contribution in [3.8, 4) is 5.69 Å². The van der Waals surface area contributed by atoms with Gasteiger partial charge in [-0.1, -0.05) is 18.2 Å². The van der Waals surface area contributed by atoms with Crippen LogP contribution in [0.3, 0.4) is 0 Å². The van der Waals surface area contributed by atoms with Crippen LogP contribution in [0.1, 0.15) is 38.2 Å². The predicted octanol–water partition coefficient (Wildman–Crippen LogP) is 2.28. The summed E-state index contributed by atoms with van der Waals surface area (Å²) in [6.45, 7) is 9.16. The van der Waals surface area contributed by atoms with Gasteiger partial charge in [-0.25, -0.2) is 9.36 Å². The lowest BCUT2D eigenvalue weighted by atomic mass is 10.2. The molecule has 136 valence electrons. The Morgan fingerprint density at radius 2 is 1.73 bits per heavy atom. The van der Waals surface area contributed by atoms with Gasteiger partial charge in [-0.05, 0) is 46.8 Å². The number of hydrogen-bond acceptors (Lipinski definition) is 4. The third-order valence-corrected chi connectivity index (χ3v) is 4.32. The first-order valence-electron chi connectivity index (χ1n) is 8.65. The predicted molar refractivity (Wildman–Crippen MR) is 101 cm³/mol. The van der Waals surface area contributed by atoms with Crippen molar-refractivity contribution in [2.45, 2.75) is 46.7 Å². The molecule has 7 heteroatoms. The zero-order chi connectivity index (χ0) is 19.0. The van der Waals surface area contributed by atoms with Crippen LogP contribution in [0.4, 0.5) is 0 Å². The summed E-state index contributed by atoms with van der Waals surface area (Å²) in [5.74, 6) is -0.243. The second kappa shape index (κ2) is 6.74. The van der Waals surface area contributed by atoms with Crippen molar-refractivity contribution in [1.82, 2.24) is 24.9 Å². The van der Waals surface area contributed by atoms with Gasteiger partial charge in [-0.2, -0.15) is 10.2 Å². The summed E-state index contributed by atoms with van der Waals surface area (Å²) in [6, 6.07) is 8.90. The van der Waals surface area contributed by atoms with Gasteiger partial charge in [-0.15, -0.1) is 0 Å². The Kier molecular flexibility index (Phi) is 4.63. The van der Waals surface area contributed by atoms with Gasteiger partial charge < -0.3 is 5.32 Å². The minimum atomic E-state index is -0.713. The highest BCUT2D eigenvalue weighted by Gasteiger charge is 2.23. The topological polar surface area (TPSA) is 81.8 Å². The van der Waals surface area contributed by atoms with Gasteiger partial charge in [0.1, 0.15) is 6.04 Å². The van der Waals surface area contributed by atoms with E-state index in [9.17, 15) is 9.59 Å². The molecular weight excluding hydrogens is 330 g/mol. The van der Waals surface area contributed by atoms with E-state index in [-0.39, 0.29) is 17.5 Å². The van der Waals surface area contributed by atoms with Crippen LogP contribution in [0.15, 0.2) is 35.1 Å². The Labute approximate surface area is 151 Å². The molecule has 26 heavy (non-hydrogen) atoms. The number of nitrogens with one attached hydrogen (secondary N) is 1. The molecule has 3 rings (SSSR count). The fourth-order valence-corrected chi connectivity index (χ4v) is 3.05. The minimum absolute atomic E-state index is 0.00925. The average Bonchev–Trinajstić information content (AvgIpc) is 2.96. The van der Waals surface area contributed by atoms with Gasteiger partial charge in [0.05, 0.1) is 22.5 Å². The van der Waals surface area contributed by atoms with Crippen molar-refractivity contribution >= 4 is 16.8 Å². The first-order chi connectivity index (χ1) is 12.3. The molecule has 0 aliphatic carbocycles. The second-order valence-corrected chi connectivity index (χ2v) is 6.73. The number of aryl methyl sites for hydroxylation is 2. The lowest BCUT2D eigenvalue weighted by molar-refractivity contribution is -0.124. The SMILES string of the molecule is Cc1nn(C(C)C(=O)NC(C)C)c(=O)c2nn(-c3ccccc3)c(C)c12. The summed E-state index contributed by atoms with van der Waals surface area (Å²) in [6.07, 6.45) is 0. The smallest absolute Gasteiger partial charge is 0.295 e. The van der Waals surface area contributed by atoms with E-state index in [0.29, 0.717) is 11.2 Å². The molecule has 0 saturated carbocycles. The van der Waals surface area contributed by atoms with Crippen molar-refractivity contribution < 1.29 is 4.79 Å². The van der Waals surface area contributed by atoms with Crippen LogP contribution >= 0.6 is 0 Å². The third kappa shape index (κ3) is 3.00. The van der Waals surface area contributed by atoms with Crippen LogP contribution in [0.2, 0.25) is 0 Å². The number of amides is 1. The molecule has 1 N–H and O–H groups in total. The molecule has 0 spiro atoms. The van der Waals surface area contributed by atoms with E-state index in [1.54, 1.807) is 11.6 Å². The zero-order valence-electron chi connectivity index (χ0n) is 15.6. The van der Waals surface area contributed by atoms with Gasteiger partial charge in [0, 0.05) is 6.04 Å². The average molecular weight is 353 g/mol. The molecule has 1 unspecified atom stereocenters. The number of carbonyl (C=O) groups excluding carboxylic acids is 1. The number of nitrogens with zero attached hydrogens (tertiary/aromatic N) is 4. The maximum atomic E-state index is 13.0. The highest BCUT2D eigenvalue weighted by atomic mass is 16.2. The van der Waals surface area contributed by atoms with Crippen LogP contribution in [-0.2, 0) is 4.79 Å². The highest BCUT2D eigenvalue weighted by molar-refractivity contribution is 5.84. The summed E-state index contributed by atoms with van der Waals surface area (Å²) in [5.41, 5.74) is 2.35. The number of fused-ring (bicyclic) bond motifs is 1. The molecular formula is C19H23N5O2. The van der Waals surface area contributed by atoms with E-state index in [1.807, 2.05) is 58.0 Å². The van der Waals surface area contributed by atoms with Gasteiger partial charge in [0.15, 0.2) is 5.52 Å². The molecule has 0 aliphatic rings. The van der Waals surface area contributed by atoms with Crippen molar-refractivity contribution in [1.29, 1.82) is 0 Å². The number of aromatic nitrogens is 4. The summed E-state index contributed by atoms with van der Waals surface area (Å²) in [7, 11) is 0. The number of benzene rings is 1. The number of rotatable bonds is 4. The third-order valence-electron chi connectivity index (χ3n) is 4.32. The Balaban J connectivity index is 2.17. The Bertz CT molecular complexity index is 1020. The van der Waals surface area contributed by atoms with Gasteiger partial charge in [0.25, 0.3) is 5.56 Å². The highest BCUT2D eigenvalue weighted by Crippen LogP contribution is 2.21. The number of hydrogen-bond donors (Lipinski definition) is 1. The molecule has 0 aliphatic heterocycles. The fraction of sp³-hybridized carbons (Fsp3) is 0.368. The molecule has 7 nitrogen and oxygen atoms in total. The zero-order valence-corrected chi connectivity index (χ0v) is 15.6. The molecule has 0 fully saturated rings. The molecule has 1 amide bonds. The lowest BCUT2D eigenvalue weighted by Gasteiger charge is -2.16. The molecule has 0 bridgehead atoms. The molecule has 3 aromatic rings. The summed E-state index contributed by atoms with van der Waals surface area (Å²) >= 11 is 0. The van der Waals surface area contributed by atoms with E-state index in [1.165, 1.54) is 4.68 Å². The van der Waals surface area contributed by atoms with E-state index >= 15 is 0 Å². The first kappa shape index (κ1) is 17.8. The van der Waals surface area contributed by atoms with E-state index in [4.69, 9.17) is 0 Å². The van der Waals surface area contributed by atoms with Crippen LogP contribution in [0, 0.1) is 13.8 Å². The fourth-order valence-electron chi connectivity index (χ4n) is 3.05. The molecule has 0 saturated heterocycles. The van der Waals surface area contributed by atoms with E-state index in [0.717, 1.165) is 16.8 Å². The molecule has 2 aromatic heterocycles. The minimum Gasteiger partial charge on any atom is -0.352 e. The number of carbonyl (C=O) groups is 1. The van der Waals surface area contributed by atoms with Gasteiger partial charge in [0.2, 0.25) is 5.91 Å². The van der Waals surface area contributed by atoms with E-state index < -0.39 is 6.04 Å². The first-order valence-corrected chi connectivity index (χ1v) is 8.65. The summed E-state index contributed by atoms with van der Waals surface area (Å²) in [5, 5.41) is 12.4. The van der Waals surface area contributed by atoms with Crippen molar-refractivity contribution in [3.05, 3.63) is 52.1 Å². The molecule has 0 radical (unpaired) electrons. The monoisotopic (exact) mass is 353 g/mol. The van der Waals surface area contributed by atoms with Crippen molar-refractivity contribution in [2.24, 2.45) is 0 Å². The Morgan fingerprint density at radius 3 is 2.35 bits per heavy atom. The normalized spacial score (nSPS) is 12.5. The van der Waals surface area contributed by atoms with Gasteiger partial charge >= 0.3 is 0 Å². The largest absolute Gasteiger partial charge is 0.352 e. The summed E-state index contributed by atoms with van der Waals surface area (Å²) in [4.78, 5) is 25.3. The van der Waals surface area contributed by atoms with Gasteiger partial charge in [-0.3, -0.25) is 9.59 Å². The summed E-state index contributed by atoms with van der Waals surface area (Å²) < 4.78 is 2.96. The maximum absolute atomic E-state index is 13.0.